The van der Waals surface area contributed by atoms with Gasteiger partial charge in [-0.05, 0) is 12.1 Å². The van der Waals surface area contributed by atoms with Crippen LogP contribution in [0, 0.1) is 0 Å². The number of primary amides is 1. The number of amides is 1. The summed E-state index contributed by atoms with van der Waals surface area (Å²) < 4.78 is 0. The highest BCUT2D eigenvalue weighted by Crippen LogP contribution is 2.08. The van der Waals surface area contributed by atoms with Crippen molar-refractivity contribution >= 4 is 11.7 Å². The summed E-state index contributed by atoms with van der Waals surface area (Å²) in [6.45, 7) is 0. The second-order valence-corrected chi connectivity index (χ2v) is 2.66. The molecule has 1 aromatic rings. The highest BCUT2D eigenvalue weighted by atomic mass is 16.1. The van der Waals surface area contributed by atoms with Crippen molar-refractivity contribution in [2.24, 2.45) is 5.73 Å². The van der Waals surface area contributed by atoms with E-state index in [9.17, 15) is 4.79 Å². The number of hydrogen-bond acceptors (Lipinski definition) is 3. The van der Waals surface area contributed by atoms with Crippen LogP contribution in [0.15, 0.2) is 18.3 Å². The van der Waals surface area contributed by atoms with E-state index in [0.717, 1.165) is 5.82 Å². The number of rotatable bonds is 2. The molecule has 0 fully saturated rings. The molecule has 0 atom stereocenters. The lowest BCUT2D eigenvalue weighted by Crippen LogP contribution is -2.14. The zero-order chi connectivity index (χ0) is 9.14. The standard InChI is InChI=1S/C8H11N3O/c1-11(2)7-5-6(8(9)12)3-4-10-7/h3-5H,1-2H3,(H2,9,12). The third-order valence-corrected chi connectivity index (χ3v) is 1.49. The largest absolute Gasteiger partial charge is 0.366 e. The van der Waals surface area contributed by atoms with E-state index >= 15 is 0 Å². The summed E-state index contributed by atoms with van der Waals surface area (Å²) in [5.41, 5.74) is 5.58. The first-order valence-electron chi connectivity index (χ1n) is 3.54. The molecule has 1 amide bonds. The van der Waals surface area contributed by atoms with Crippen LogP contribution in [-0.2, 0) is 0 Å². The fraction of sp³-hybridized carbons (Fsp3) is 0.250. The summed E-state index contributed by atoms with van der Waals surface area (Å²) in [6, 6.07) is 3.25. The van der Waals surface area contributed by atoms with E-state index < -0.39 is 5.91 Å². The number of anilines is 1. The number of nitrogens with zero attached hydrogens (tertiary/aromatic N) is 2. The minimum absolute atomic E-state index is 0.430. The van der Waals surface area contributed by atoms with E-state index in [1.165, 1.54) is 0 Å². The minimum Gasteiger partial charge on any atom is -0.366 e. The lowest BCUT2D eigenvalue weighted by Gasteiger charge is -2.10. The molecule has 0 aromatic carbocycles. The Morgan fingerprint density at radius 2 is 2.25 bits per heavy atom. The molecule has 0 aliphatic carbocycles. The summed E-state index contributed by atoms with van der Waals surface area (Å²) in [7, 11) is 3.71. The van der Waals surface area contributed by atoms with Crippen molar-refractivity contribution in [3.05, 3.63) is 23.9 Å². The Balaban J connectivity index is 3.04. The van der Waals surface area contributed by atoms with Crippen LogP contribution in [-0.4, -0.2) is 25.0 Å². The Hall–Kier alpha value is -1.58. The van der Waals surface area contributed by atoms with Gasteiger partial charge in [0.1, 0.15) is 5.82 Å². The van der Waals surface area contributed by atoms with E-state index in [2.05, 4.69) is 4.98 Å². The Bertz CT molecular complexity index is 296. The summed E-state index contributed by atoms with van der Waals surface area (Å²) >= 11 is 0. The fourth-order valence-corrected chi connectivity index (χ4v) is 0.816. The first-order valence-corrected chi connectivity index (χ1v) is 3.54. The van der Waals surface area contributed by atoms with Gasteiger partial charge in [0.25, 0.3) is 0 Å². The molecule has 0 saturated carbocycles. The molecule has 0 unspecified atom stereocenters. The first-order chi connectivity index (χ1) is 5.61. The van der Waals surface area contributed by atoms with Crippen molar-refractivity contribution in [3.8, 4) is 0 Å². The summed E-state index contributed by atoms with van der Waals surface area (Å²) in [5.74, 6) is 0.298. The molecule has 64 valence electrons. The second-order valence-electron chi connectivity index (χ2n) is 2.66. The number of carbonyl (C=O) groups is 1. The average molecular weight is 165 g/mol. The SMILES string of the molecule is CN(C)c1cc(C(N)=O)ccn1. The Labute approximate surface area is 71.0 Å². The molecule has 0 aliphatic rings. The van der Waals surface area contributed by atoms with Crippen LogP contribution in [0.2, 0.25) is 0 Å². The third kappa shape index (κ3) is 1.72. The van der Waals surface area contributed by atoms with Crippen LogP contribution < -0.4 is 10.6 Å². The minimum atomic E-state index is -0.430. The van der Waals surface area contributed by atoms with Crippen molar-refractivity contribution in [3.63, 3.8) is 0 Å². The van der Waals surface area contributed by atoms with Gasteiger partial charge in [0, 0.05) is 25.9 Å². The number of hydrogen-bond donors (Lipinski definition) is 1. The normalized spacial score (nSPS) is 9.50. The highest BCUT2D eigenvalue weighted by molar-refractivity contribution is 5.93. The Morgan fingerprint density at radius 1 is 1.58 bits per heavy atom. The lowest BCUT2D eigenvalue weighted by molar-refractivity contribution is 0.1000. The third-order valence-electron chi connectivity index (χ3n) is 1.49. The Kier molecular flexibility index (Phi) is 2.28. The Morgan fingerprint density at radius 3 is 2.75 bits per heavy atom. The molecule has 4 heteroatoms. The fourth-order valence-electron chi connectivity index (χ4n) is 0.816. The van der Waals surface area contributed by atoms with Gasteiger partial charge < -0.3 is 10.6 Å². The van der Waals surface area contributed by atoms with Gasteiger partial charge in [-0.25, -0.2) is 4.98 Å². The van der Waals surface area contributed by atoms with Gasteiger partial charge in [0.15, 0.2) is 0 Å². The summed E-state index contributed by atoms with van der Waals surface area (Å²) in [6.07, 6.45) is 1.56. The van der Waals surface area contributed by atoms with E-state index in [-0.39, 0.29) is 0 Å². The smallest absolute Gasteiger partial charge is 0.248 e. The molecular weight excluding hydrogens is 154 g/mol. The van der Waals surface area contributed by atoms with Crippen LogP contribution in [0.3, 0.4) is 0 Å². The summed E-state index contributed by atoms with van der Waals surface area (Å²) in [4.78, 5) is 16.6. The molecule has 1 heterocycles. The molecule has 4 nitrogen and oxygen atoms in total. The van der Waals surface area contributed by atoms with E-state index in [0.29, 0.717) is 5.56 Å². The number of aromatic nitrogens is 1. The lowest BCUT2D eigenvalue weighted by atomic mass is 10.2. The predicted octanol–water partition coefficient (Wildman–Crippen LogP) is 0.247. The molecule has 1 aromatic heterocycles. The van der Waals surface area contributed by atoms with Crippen LogP contribution in [0.25, 0.3) is 0 Å². The number of pyridine rings is 1. The zero-order valence-corrected chi connectivity index (χ0v) is 7.11. The van der Waals surface area contributed by atoms with E-state index in [1.54, 1.807) is 18.3 Å². The van der Waals surface area contributed by atoms with Crippen molar-refractivity contribution in [1.82, 2.24) is 4.98 Å². The van der Waals surface area contributed by atoms with Gasteiger partial charge in [-0.2, -0.15) is 0 Å². The van der Waals surface area contributed by atoms with Crippen molar-refractivity contribution < 1.29 is 4.79 Å². The monoisotopic (exact) mass is 165 g/mol. The van der Waals surface area contributed by atoms with Crippen LogP contribution in [0.4, 0.5) is 5.82 Å². The maximum atomic E-state index is 10.8. The highest BCUT2D eigenvalue weighted by Gasteiger charge is 2.02. The second kappa shape index (κ2) is 3.21. The average Bonchev–Trinajstić information content (AvgIpc) is 2.04. The number of carbonyl (C=O) groups excluding carboxylic acids is 1. The predicted molar refractivity (Wildman–Crippen MR) is 47.1 cm³/mol. The molecule has 1 rings (SSSR count). The summed E-state index contributed by atoms with van der Waals surface area (Å²) in [5, 5.41) is 0. The van der Waals surface area contributed by atoms with Gasteiger partial charge in [-0.15, -0.1) is 0 Å². The van der Waals surface area contributed by atoms with Gasteiger partial charge in [0.05, 0.1) is 0 Å². The molecule has 0 spiro atoms. The van der Waals surface area contributed by atoms with E-state index in [4.69, 9.17) is 5.73 Å². The van der Waals surface area contributed by atoms with Crippen molar-refractivity contribution in [2.45, 2.75) is 0 Å². The number of nitrogens with two attached hydrogens (primary N) is 1. The van der Waals surface area contributed by atoms with Gasteiger partial charge in [0.2, 0.25) is 5.91 Å². The van der Waals surface area contributed by atoms with Gasteiger partial charge in [-0.3, -0.25) is 4.79 Å². The molecule has 0 aliphatic heterocycles. The van der Waals surface area contributed by atoms with Crippen molar-refractivity contribution in [1.29, 1.82) is 0 Å². The zero-order valence-electron chi connectivity index (χ0n) is 7.11. The van der Waals surface area contributed by atoms with E-state index in [1.807, 2.05) is 19.0 Å². The molecule has 12 heavy (non-hydrogen) atoms. The molecule has 0 radical (unpaired) electrons. The quantitative estimate of drug-likeness (QED) is 0.683. The molecule has 0 saturated heterocycles. The maximum Gasteiger partial charge on any atom is 0.248 e. The van der Waals surface area contributed by atoms with Crippen LogP contribution in [0.1, 0.15) is 10.4 Å². The van der Waals surface area contributed by atoms with Crippen LogP contribution in [0.5, 0.6) is 0 Å². The van der Waals surface area contributed by atoms with Gasteiger partial charge in [-0.1, -0.05) is 0 Å². The van der Waals surface area contributed by atoms with Gasteiger partial charge >= 0.3 is 0 Å². The topological polar surface area (TPSA) is 59.2 Å². The molecule has 2 N–H and O–H groups in total. The molecular formula is C8H11N3O. The van der Waals surface area contributed by atoms with Crippen LogP contribution >= 0.6 is 0 Å². The molecule has 0 bridgehead atoms. The van der Waals surface area contributed by atoms with Crippen molar-refractivity contribution in [2.75, 3.05) is 19.0 Å². The maximum absolute atomic E-state index is 10.8. The first kappa shape index (κ1) is 8.52.